The van der Waals surface area contributed by atoms with Crippen LogP contribution in [0.5, 0.6) is 0 Å². The maximum Gasteiger partial charge on any atom is 0.216 e. The molecular formula is C19H15N6O2S-. The van der Waals surface area contributed by atoms with E-state index in [1.807, 2.05) is 34.9 Å². The van der Waals surface area contributed by atoms with E-state index in [9.17, 15) is 14.0 Å². The van der Waals surface area contributed by atoms with Crippen LogP contribution in [0.4, 0.5) is 0 Å². The highest BCUT2D eigenvalue weighted by molar-refractivity contribution is 7.77. The summed E-state index contributed by atoms with van der Waals surface area (Å²) in [6.07, 6.45) is 3.91. The van der Waals surface area contributed by atoms with Crippen LogP contribution < -0.4 is 4.72 Å². The predicted molar refractivity (Wildman–Crippen MR) is 103 cm³/mol. The molecule has 0 aliphatic heterocycles. The van der Waals surface area contributed by atoms with Crippen molar-refractivity contribution in [2.24, 2.45) is 0 Å². The van der Waals surface area contributed by atoms with Gasteiger partial charge in [-0.1, -0.05) is 6.07 Å². The Bertz CT molecular complexity index is 1280. The van der Waals surface area contributed by atoms with E-state index in [4.69, 9.17) is 4.98 Å². The molecule has 2 aromatic heterocycles. The molecule has 1 atom stereocenters. The fraction of sp³-hybridized carbons (Fsp3) is 0.211. The van der Waals surface area contributed by atoms with Crippen LogP contribution in [0.3, 0.4) is 0 Å². The van der Waals surface area contributed by atoms with Crippen molar-refractivity contribution >= 4 is 33.3 Å². The summed E-state index contributed by atoms with van der Waals surface area (Å²) >= 11 is -2.30. The van der Waals surface area contributed by atoms with Gasteiger partial charge in [0.15, 0.2) is 0 Å². The topological polar surface area (TPSA) is 112 Å². The predicted octanol–water partition coefficient (Wildman–Crippen LogP) is 2.47. The van der Waals surface area contributed by atoms with Crippen molar-refractivity contribution in [1.82, 2.24) is 23.8 Å². The Morgan fingerprint density at radius 3 is 2.82 bits per heavy atom. The number of imidazole rings is 2. The first kappa shape index (κ1) is 17.1. The van der Waals surface area contributed by atoms with Gasteiger partial charge < -0.3 is 9.12 Å². The highest BCUT2D eigenvalue weighted by Crippen LogP contribution is 2.40. The Kier molecular flexibility index (Phi) is 3.98. The molecule has 1 fully saturated rings. The minimum Gasteiger partial charge on any atom is -0.760 e. The second-order valence-corrected chi connectivity index (χ2v) is 7.58. The third-order valence-electron chi connectivity index (χ3n) is 4.93. The molecule has 1 unspecified atom stereocenters. The summed E-state index contributed by atoms with van der Waals surface area (Å²) in [7, 11) is 0. The molecule has 0 spiro atoms. The van der Waals surface area contributed by atoms with Crippen LogP contribution in [0.25, 0.3) is 28.0 Å². The molecule has 0 saturated heterocycles. The Labute approximate surface area is 162 Å². The molecule has 0 radical (unpaired) electrons. The SMILES string of the molecule is N#Cc1ccc2nc(-n3cnc4cc(CNS(=O)[O-])ccc43)n(C3CC3)c2c1. The first-order valence-corrected chi connectivity index (χ1v) is 9.93. The normalized spacial score (nSPS) is 15.1. The molecule has 1 saturated carbocycles. The number of aromatic nitrogens is 4. The van der Waals surface area contributed by atoms with Gasteiger partial charge in [-0.2, -0.15) is 5.26 Å². The summed E-state index contributed by atoms with van der Waals surface area (Å²) in [6.45, 7) is 0.219. The third kappa shape index (κ3) is 2.88. The van der Waals surface area contributed by atoms with Crippen LogP contribution in [0.15, 0.2) is 42.7 Å². The van der Waals surface area contributed by atoms with Gasteiger partial charge in [0.05, 0.1) is 33.7 Å². The van der Waals surface area contributed by atoms with Crippen LogP contribution in [0, 0.1) is 11.3 Å². The Balaban J connectivity index is 1.64. The fourth-order valence-corrected chi connectivity index (χ4v) is 3.77. The molecule has 2 aromatic carbocycles. The Morgan fingerprint density at radius 2 is 2.07 bits per heavy atom. The highest BCUT2D eigenvalue weighted by atomic mass is 32.2. The number of nitrogens with one attached hydrogen (secondary N) is 1. The third-order valence-corrected chi connectivity index (χ3v) is 5.31. The van der Waals surface area contributed by atoms with Crippen molar-refractivity contribution in [2.45, 2.75) is 25.4 Å². The van der Waals surface area contributed by atoms with Crippen molar-refractivity contribution in [3.8, 4) is 12.0 Å². The van der Waals surface area contributed by atoms with E-state index in [-0.39, 0.29) is 6.54 Å². The molecule has 4 aromatic rings. The maximum atomic E-state index is 10.7. The lowest BCUT2D eigenvalue weighted by molar-refractivity contribution is 0.522. The molecule has 1 aliphatic rings. The molecule has 2 heterocycles. The van der Waals surface area contributed by atoms with Gasteiger partial charge in [0.1, 0.15) is 6.33 Å². The number of nitrogens with zero attached hydrogens (tertiary/aromatic N) is 5. The zero-order valence-corrected chi connectivity index (χ0v) is 15.5. The Morgan fingerprint density at radius 1 is 1.21 bits per heavy atom. The number of fused-ring (bicyclic) bond motifs is 2. The standard InChI is InChI=1S/C19H16N6O2S/c20-9-12-1-5-15-18(8-12)25(14-3-4-14)19(23-15)24-11-21-16-7-13(2-6-17(16)24)10-22-28(26)27/h1-2,5-8,11,14,22H,3-4,10H2,(H,26,27)/p-1. The van der Waals surface area contributed by atoms with E-state index in [2.05, 4.69) is 20.3 Å². The minimum absolute atomic E-state index is 0.219. The lowest BCUT2D eigenvalue weighted by Crippen LogP contribution is -2.15. The van der Waals surface area contributed by atoms with Gasteiger partial charge >= 0.3 is 0 Å². The van der Waals surface area contributed by atoms with Crippen LogP contribution in [-0.4, -0.2) is 27.9 Å². The largest absolute Gasteiger partial charge is 0.760 e. The monoisotopic (exact) mass is 391 g/mol. The smallest absolute Gasteiger partial charge is 0.216 e. The van der Waals surface area contributed by atoms with Gasteiger partial charge in [0, 0.05) is 23.9 Å². The molecule has 0 amide bonds. The van der Waals surface area contributed by atoms with E-state index >= 15 is 0 Å². The van der Waals surface area contributed by atoms with E-state index in [1.165, 1.54) is 0 Å². The number of benzene rings is 2. The average molecular weight is 391 g/mol. The summed E-state index contributed by atoms with van der Waals surface area (Å²) in [5, 5.41) is 9.24. The number of hydrogen-bond donors (Lipinski definition) is 1. The number of nitriles is 1. The molecule has 0 bridgehead atoms. The van der Waals surface area contributed by atoms with Crippen molar-refractivity contribution in [3.05, 3.63) is 53.9 Å². The molecule has 8 nitrogen and oxygen atoms in total. The van der Waals surface area contributed by atoms with Crippen molar-refractivity contribution in [2.75, 3.05) is 0 Å². The van der Waals surface area contributed by atoms with Crippen LogP contribution in [0.1, 0.15) is 30.0 Å². The molecule has 5 rings (SSSR count). The second-order valence-electron chi connectivity index (χ2n) is 6.82. The van der Waals surface area contributed by atoms with E-state index in [1.54, 1.807) is 12.4 Å². The van der Waals surface area contributed by atoms with Crippen LogP contribution in [-0.2, 0) is 17.8 Å². The van der Waals surface area contributed by atoms with Gasteiger partial charge in [0.2, 0.25) is 5.95 Å². The first-order valence-electron chi connectivity index (χ1n) is 8.85. The summed E-state index contributed by atoms with van der Waals surface area (Å²) in [5.41, 5.74) is 4.91. The zero-order valence-electron chi connectivity index (χ0n) is 14.7. The molecule has 140 valence electrons. The van der Waals surface area contributed by atoms with Crippen molar-refractivity contribution in [3.63, 3.8) is 0 Å². The van der Waals surface area contributed by atoms with E-state index in [0.717, 1.165) is 46.4 Å². The van der Waals surface area contributed by atoms with E-state index in [0.29, 0.717) is 11.6 Å². The number of rotatable bonds is 5. The Hall–Kier alpha value is -3.06. The van der Waals surface area contributed by atoms with Gasteiger partial charge in [-0.3, -0.25) is 8.78 Å². The summed E-state index contributed by atoms with van der Waals surface area (Å²) in [5.74, 6) is 0.779. The highest BCUT2D eigenvalue weighted by Gasteiger charge is 2.29. The van der Waals surface area contributed by atoms with E-state index < -0.39 is 11.3 Å². The number of hydrogen-bond acceptors (Lipinski definition) is 5. The zero-order chi connectivity index (χ0) is 19.3. The van der Waals surface area contributed by atoms with Crippen LogP contribution >= 0.6 is 0 Å². The molecule has 28 heavy (non-hydrogen) atoms. The van der Waals surface area contributed by atoms with Crippen molar-refractivity contribution in [1.29, 1.82) is 5.26 Å². The van der Waals surface area contributed by atoms with Gasteiger partial charge in [-0.25, -0.2) is 14.7 Å². The second kappa shape index (κ2) is 6.53. The lowest BCUT2D eigenvalue weighted by Gasteiger charge is -2.10. The average Bonchev–Trinajstić information content (AvgIpc) is 3.34. The molecular weight excluding hydrogens is 376 g/mol. The quantitative estimate of drug-likeness (QED) is 0.525. The maximum absolute atomic E-state index is 10.7. The van der Waals surface area contributed by atoms with Crippen LogP contribution in [0.2, 0.25) is 0 Å². The van der Waals surface area contributed by atoms with Crippen molar-refractivity contribution < 1.29 is 8.76 Å². The van der Waals surface area contributed by atoms with Gasteiger partial charge in [0.25, 0.3) is 0 Å². The molecule has 1 N–H and O–H groups in total. The fourth-order valence-electron chi connectivity index (χ4n) is 3.48. The lowest BCUT2D eigenvalue weighted by atomic mass is 10.2. The summed E-state index contributed by atoms with van der Waals surface area (Å²) in [4.78, 5) is 9.29. The first-order chi connectivity index (χ1) is 13.6. The summed E-state index contributed by atoms with van der Waals surface area (Å²) < 4.78 is 27.9. The summed E-state index contributed by atoms with van der Waals surface area (Å²) in [6, 6.07) is 13.8. The van der Waals surface area contributed by atoms with Gasteiger partial charge in [-0.05, 0) is 48.7 Å². The minimum atomic E-state index is -2.30. The van der Waals surface area contributed by atoms with Gasteiger partial charge in [-0.15, -0.1) is 0 Å². The molecule has 9 heteroatoms. The molecule has 1 aliphatic carbocycles.